The van der Waals surface area contributed by atoms with Gasteiger partial charge in [-0.1, -0.05) is 49.4 Å². The van der Waals surface area contributed by atoms with Crippen molar-refractivity contribution in [3.05, 3.63) is 71.9 Å². The molecular formula is C24H23N3O2S. The van der Waals surface area contributed by atoms with Crippen LogP contribution in [-0.2, 0) is 4.79 Å². The maximum Gasteiger partial charge on any atom is 0.262 e. The molecule has 2 heterocycles. The Morgan fingerprint density at radius 2 is 1.93 bits per heavy atom. The molecule has 0 saturated heterocycles. The van der Waals surface area contributed by atoms with Crippen molar-refractivity contribution in [2.75, 3.05) is 11.9 Å². The van der Waals surface area contributed by atoms with E-state index < -0.39 is 0 Å². The van der Waals surface area contributed by atoms with Gasteiger partial charge in [-0.25, -0.2) is 9.97 Å². The summed E-state index contributed by atoms with van der Waals surface area (Å²) >= 11 is 1.53. The summed E-state index contributed by atoms with van der Waals surface area (Å²) in [5, 5.41) is 3.83. The lowest BCUT2D eigenvalue weighted by Crippen LogP contribution is -2.20. The van der Waals surface area contributed by atoms with Crippen LogP contribution in [0.1, 0.15) is 30.9 Å². The lowest BCUT2D eigenvalue weighted by molar-refractivity contribution is -0.118. The van der Waals surface area contributed by atoms with Crippen LogP contribution < -0.4 is 10.1 Å². The Kier molecular flexibility index (Phi) is 5.77. The number of nitrogens with zero attached hydrogens (tertiary/aromatic N) is 2. The Morgan fingerprint density at radius 3 is 2.67 bits per heavy atom. The Bertz CT molecular complexity index is 1150. The number of fused-ring (bicyclic) bond motifs is 1. The van der Waals surface area contributed by atoms with E-state index in [1.165, 1.54) is 16.9 Å². The smallest absolute Gasteiger partial charge is 0.262 e. The molecule has 0 saturated carbocycles. The number of thiazole rings is 1. The third-order valence-corrected chi connectivity index (χ3v) is 5.87. The summed E-state index contributed by atoms with van der Waals surface area (Å²) < 4.78 is 5.64. The first-order valence-corrected chi connectivity index (χ1v) is 10.7. The first-order chi connectivity index (χ1) is 14.5. The van der Waals surface area contributed by atoms with Gasteiger partial charge in [-0.2, -0.15) is 0 Å². The highest BCUT2D eigenvalue weighted by atomic mass is 32.1. The zero-order valence-electron chi connectivity index (χ0n) is 17.2. The normalized spacial score (nSPS) is 11.1. The van der Waals surface area contributed by atoms with Crippen molar-refractivity contribution in [1.82, 2.24) is 9.97 Å². The van der Waals surface area contributed by atoms with Gasteiger partial charge >= 0.3 is 0 Å². The number of pyridine rings is 1. The van der Waals surface area contributed by atoms with E-state index in [1.807, 2.05) is 61.5 Å². The lowest BCUT2D eigenvalue weighted by Gasteiger charge is -2.11. The average molecular weight is 418 g/mol. The number of hydrogen-bond donors (Lipinski definition) is 1. The number of aromatic nitrogens is 2. The van der Waals surface area contributed by atoms with Crippen LogP contribution in [0.5, 0.6) is 5.75 Å². The Morgan fingerprint density at radius 1 is 1.13 bits per heavy atom. The molecule has 0 atom stereocenters. The van der Waals surface area contributed by atoms with Crippen LogP contribution >= 0.6 is 11.3 Å². The van der Waals surface area contributed by atoms with E-state index in [1.54, 1.807) is 6.20 Å². The molecule has 0 fully saturated rings. The summed E-state index contributed by atoms with van der Waals surface area (Å²) in [4.78, 5) is 22.3. The van der Waals surface area contributed by atoms with Crippen molar-refractivity contribution < 1.29 is 9.53 Å². The number of carbonyl (C=O) groups is 1. The van der Waals surface area contributed by atoms with Gasteiger partial charge in [-0.3, -0.25) is 4.79 Å². The standard InChI is InChI=1S/C24H23N3O2S/c1-15(2)17-8-10-19(11-9-17)29-14-22(28)26-21-13-18(7-6-16(21)3)23-27-20-5-4-12-25-24(20)30-23/h4-13,15H,14H2,1-3H3,(H,26,28). The zero-order valence-corrected chi connectivity index (χ0v) is 18.0. The molecular weight excluding hydrogens is 394 g/mol. The summed E-state index contributed by atoms with van der Waals surface area (Å²) in [5.41, 5.74) is 4.80. The first kappa shape index (κ1) is 20.0. The number of anilines is 1. The molecule has 4 rings (SSSR count). The van der Waals surface area contributed by atoms with Crippen LogP contribution in [0.4, 0.5) is 5.69 Å². The first-order valence-electron chi connectivity index (χ1n) is 9.85. The minimum atomic E-state index is -0.200. The van der Waals surface area contributed by atoms with Gasteiger partial charge < -0.3 is 10.1 Å². The second-order valence-corrected chi connectivity index (χ2v) is 8.41. The summed E-state index contributed by atoms with van der Waals surface area (Å²) in [5.74, 6) is 0.944. The fourth-order valence-corrected chi connectivity index (χ4v) is 3.97. The second-order valence-electron chi connectivity index (χ2n) is 7.44. The van der Waals surface area contributed by atoms with E-state index in [4.69, 9.17) is 4.74 Å². The van der Waals surface area contributed by atoms with Crippen molar-refractivity contribution in [2.45, 2.75) is 26.7 Å². The third kappa shape index (κ3) is 4.49. The molecule has 1 N–H and O–H groups in total. The second kappa shape index (κ2) is 8.63. The monoisotopic (exact) mass is 417 g/mol. The van der Waals surface area contributed by atoms with Crippen molar-refractivity contribution in [2.24, 2.45) is 0 Å². The van der Waals surface area contributed by atoms with E-state index in [-0.39, 0.29) is 12.5 Å². The molecule has 0 aliphatic heterocycles. The fourth-order valence-electron chi connectivity index (χ4n) is 3.07. The molecule has 0 aliphatic rings. The molecule has 6 heteroatoms. The van der Waals surface area contributed by atoms with E-state index in [2.05, 4.69) is 29.1 Å². The van der Waals surface area contributed by atoms with Crippen LogP contribution in [0.15, 0.2) is 60.8 Å². The van der Waals surface area contributed by atoms with Crippen molar-refractivity contribution in [3.63, 3.8) is 0 Å². The minimum Gasteiger partial charge on any atom is -0.484 e. The van der Waals surface area contributed by atoms with Gasteiger partial charge in [0.15, 0.2) is 6.61 Å². The highest BCUT2D eigenvalue weighted by Crippen LogP contribution is 2.31. The van der Waals surface area contributed by atoms with Gasteiger partial charge in [-0.15, -0.1) is 0 Å². The van der Waals surface area contributed by atoms with Gasteiger partial charge in [0.1, 0.15) is 21.1 Å². The van der Waals surface area contributed by atoms with Crippen LogP contribution in [0, 0.1) is 6.92 Å². The van der Waals surface area contributed by atoms with E-state index in [9.17, 15) is 4.79 Å². The SMILES string of the molecule is Cc1ccc(-c2nc3cccnc3s2)cc1NC(=O)COc1ccc(C(C)C)cc1. The summed E-state index contributed by atoms with van der Waals surface area (Å²) in [6, 6.07) is 17.6. The molecule has 1 amide bonds. The molecule has 2 aromatic carbocycles. The van der Waals surface area contributed by atoms with Gasteiger partial charge in [0.2, 0.25) is 0 Å². The molecule has 4 aromatic rings. The maximum atomic E-state index is 12.4. The molecule has 2 aromatic heterocycles. The van der Waals surface area contributed by atoms with Crippen molar-refractivity contribution in [3.8, 4) is 16.3 Å². The van der Waals surface area contributed by atoms with Crippen molar-refractivity contribution >= 4 is 33.3 Å². The molecule has 0 aliphatic carbocycles. The Balaban J connectivity index is 1.44. The minimum absolute atomic E-state index is 0.0459. The highest BCUT2D eigenvalue weighted by Gasteiger charge is 2.11. The largest absolute Gasteiger partial charge is 0.484 e. The molecule has 0 unspecified atom stereocenters. The number of carbonyl (C=O) groups excluding carboxylic acids is 1. The molecule has 30 heavy (non-hydrogen) atoms. The van der Waals surface area contributed by atoms with Crippen LogP contribution in [0.25, 0.3) is 20.9 Å². The van der Waals surface area contributed by atoms with Crippen molar-refractivity contribution in [1.29, 1.82) is 0 Å². The zero-order chi connectivity index (χ0) is 21.1. The lowest BCUT2D eigenvalue weighted by atomic mass is 10.0. The quantitative estimate of drug-likeness (QED) is 0.430. The Hall–Kier alpha value is -3.25. The molecule has 0 bridgehead atoms. The summed E-state index contributed by atoms with van der Waals surface area (Å²) in [6.45, 7) is 6.20. The Labute approximate surface area is 179 Å². The van der Waals surface area contributed by atoms with Crippen LogP contribution in [-0.4, -0.2) is 22.5 Å². The van der Waals surface area contributed by atoms with E-state index >= 15 is 0 Å². The van der Waals surface area contributed by atoms with E-state index in [0.717, 1.165) is 32.2 Å². The summed E-state index contributed by atoms with van der Waals surface area (Å²) in [6.07, 6.45) is 1.77. The number of nitrogens with one attached hydrogen (secondary N) is 1. The van der Waals surface area contributed by atoms with E-state index in [0.29, 0.717) is 11.7 Å². The summed E-state index contributed by atoms with van der Waals surface area (Å²) in [7, 11) is 0. The number of amides is 1. The maximum absolute atomic E-state index is 12.4. The fraction of sp³-hybridized carbons (Fsp3) is 0.208. The van der Waals surface area contributed by atoms with Gasteiger partial charge in [0.25, 0.3) is 5.91 Å². The van der Waals surface area contributed by atoms with Gasteiger partial charge in [0.05, 0.1) is 0 Å². The van der Waals surface area contributed by atoms with Crippen LogP contribution in [0.2, 0.25) is 0 Å². The number of rotatable bonds is 6. The topological polar surface area (TPSA) is 64.1 Å². The molecule has 152 valence electrons. The third-order valence-electron chi connectivity index (χ3n) is 4.84. The highest BCUT2D eigenvalue weighted by molar-refractivity contribution is 7.21. The molecule has 5 nitrogen and oxygen atoms in total. The predicted molar refractivity (Wildman–Crippen MR) is 122 cm³/mol. The predicted octanol–water partition coefficient (Wildman–Crippen LogP) is 5.81. The number of aryl methyl sites for hydroxylation is 1. The van der Waals surface area contributed by atoms with Gasteiger partial charge in [-0.05, 0) is 54.3 Å². The van der Waals surface area contributed by atoms with Crippen LogP contribution in [0.3, 0.4) is 0 Å². The number of hydrogen-bond acceptors (Lipinski definition) is 5. The average Bonchev–Trinajstić information content (AvgIpc) is 3.18. The molecule has 0 spiro atoms. The molecule has 0 radical (unpaired) electrons. The number of benzene rings is 2. The number of ether oxygens (including phenoxy) is 1. The van der Waals surface area contributed by atoms with Gasteiger partial charge in [0, 0.05) is 17.4 Å².